The number of methoxy groups -OCH3 is 2. The smallest absolute Gasteiger partial charge is 0.339 e. The van der Waals surface area contributed by atoms with Gasteiger partial charge in [-0.05, 0) is 36.5 Å². The van der Waals surface area contributed by atoms with Crippen LogP contribution in [0.4, 0.5) is 5.69 Å². The number of amides is 1. The van der Waals surface area contributed by atoms with Crippen LogP contribution in [-0.4, -0.2) is 62.8 Å². The molecule has 0 aromatic heterocycles. The SMILES string of the molecule is CCOC(=O)C1(C(=O)OCC)NC2(C(=O)N(Cc3ccc(C(C)(C)C)cc3)c3ccccc32)[C@H](C(=O)OC)[C@@H]1C(=O)OC. The van der Waals surface area contributed by atoms with Crippen molar-refractivity contribution in [3.8, 4) is 0 Å². The fourth-order valence-corrected chi connectivity index (χ4v) is 6.13. The van der Waals surface area contributed by atoms with Crippen LogP contribution in [0, 0.1) is 11.8 Å². The molecule has 2 heterocycles. The highest BCUT2D eigenvalue weighted by atomic mass is 16.6. The highest BCUT2D eigenvalue weighted by Crippen LogP contribution is 2.56. The number of hydrogen-bond acceptors (Lipinski definition) is 10. The highest BCUT2D eigenvalue weighted by Gasteiger charge is 2.78. The van der Waals surface area contributed by atoms with Gasteiger partial charge in [0.05, 0.1) is 34.0 Å². The van der Waals surface area contributed by atoms with Gasteiger partial charge in [-0.25, -0.2) is 9.59 Å². The monoisotopic (exact) mass is 594 g/mol. The Bertz CT molecular complexity index is 1410. The Labute approximate surface area is 250 Å². The van der Waals surface area contributed by atoms with Gasteiger partial charge < -0.3 is 23.8 Å². The first-order valence-corrected chi connectivity index (χ1v) is 14.1. The number of nitrogens with one attached hydrogen (secondary N) is 1. The summed E-state index contributed by atoms with van der Waals surface area (Å²) in [6, 6.07) is 14.5. The van der Waals surface area contributed by atoms with Crippen LogP contribution in [0.3, 0.4) is 0 Å². The van der Waals surface area contributed by atoms with Crippen LogP contribution in [0.5, 0.6) is 0 Å². The van der Waals surface area contributed by atoms with Gasteiger partial charge in [0.1, 0.15) is 17.4 Å². The molecular formula is C32H38N2O9. The number of hydrogen-bond donors (Lipinski definition) is 1. The minimum atomic E-state index is -2.61. The molecule has 3 atom stereocenters. The first-order valence-electron chi connectivity index (χ1n) is 14.1. The molecule has 230 valence electrons. The van der Waals surface area contributed by atoms with Crippen molar-refractivity contribution >= 4 is 35.5 Å². The molecule has 2 aromatic rings. The summed E-state index contributed by atoms with van der Waals surface area (Å²) in [7, 11) is 2.15. The predicted octanol–water partition coefficient (Wildman–Crippen LogP) is 2.77. The van der Waals surface area contributed by atoms with Gasteiger partial charge in [0.2, 0.25) is 5.54 Å². The fourth-order valence-electron chi connectivity index (χ4n) is 6.13. The van der Waals surface area contributed by atoms with Crippen LogP contribution >= 0.6 is 0 Å². The van der Waals surface area contributed by atoms with Gasteiger partial charge in [-0.1, -0.05) is 63.2 Å². The van der Waals surface area contributed by atoms with Crippen molar-refractivity contribution in [3.05, 3.63) is 65.2 Å². The molecule has 43 heavy (non-hydrogen) atoms. The van der Waals surface area contributed by atoms with Gasteiger partial charge in [0.25, 0.3) is 5.91 Å². The zero-order valence-corrected chi connectivity index (χ0v) is 25.5. The molecule has 0 radical (unpaired) electrons. The summed E-state index contributed by atoms with van der Waals surface area (Å²) < 4.78 is 20.7. The molecule has 11 nitrogen and oxygen atoms in total. The predicted molar refractivity (Wildman–Crippen MR) is 155 cm³/mol. The number of anilines is 1. The summed E-state index contributed by atoms with van der Waals surface area (Å²) in [5.41, 5.74) is -2.15. The summed E-state index contributed by atoms with van der Waals surface area (Å²) in [4.78, 5) is 70.9. The lowest BCUT2D eigenvalue weighted by atomic mass is 9.72. The molecule has 0 bridgehead atoms. The van der Waals surface area contributed by atoms with E-state index in [1.54, 1.807) is 24.3 Å². The minimum absolute atomic E-state index is 0.0768. The number of benzene rings is 2. The number of para-hydroxylation sites is 1. The quantitative estimate of drug-likeness (QED) is 0.276. The Morgan fingerprint density at radius 3 is 1.88 bits per heavy atom. The molecule has 1 amide bonds. The van der Waals surface area contributed by atoms with E-state index in [1.807, 2.05) is 24.3 Å². The van der Waals surface area contributed by atoms with Gasteiger partial charge in [-0.2, -0.15) is 0 Å². The van der Waals surface area contributed by atoms with Gasteiger partial charge in [0.15, 0.2) is 0 Å². The third kappa shape index (κ3) is 4.95. The largest absolute Gasteiger partial charge is 0.469 e. The van der Waals surface area contributed by atoms with E-state index < -0.39 is 52.7 Å². The van der Waals surface area contributed by atoms with Crippen LogP contribution in [0.15, 0.2) is 48.5 Å². The first-order chi connectivity index (χ1) is 20.3. The lowest BCUT2D eigenvalue weighted by Gasteiger charge is -2.31. The van der Waals surface area contributed by atoms with E-state index in [1.165, 1.54) is 18.7 Å². The second-order valence-corrected chi connectivity index (χ2v) is 11.5. The summed E-state index contributed by atoms with van der Waals surface area (Å²) in [5.74, 6) is -8.70. The average molecular weight is 595 g/mol. The van der Waals surface area contributed by atoms with Crippen molar-refractivity contribution in [3.63, 3.8) is 0 Å². The maximum atomic E-state index is 14.8. The molecule has 0 aliphatic carbocycles. The number of carbonyl (C=O) groups is 5. The Kier molecular flexibility index (Phi) is 8.69. The molecule has 2 aliphatic heterocycles. The van der Waals surface area contributed by atoms with E-state index >= 15 is 0 Å². The number of nitrogens with zero attached hydrogens (tertiary/aromatic N) is 1. The van der Waals surface area contributed by atoms with Crippen molar-refractivity contribution in [2.45, 2.75) is 57.7 Å². The van der Waals surface area contributed by atoms with Crippen LogP contribution in [0.25, 0.3) is 0 Å². The van der Waals surface area contributed by atoms with Crippen LogP contribution in [0.1, 0.15) is 51.3 Å². The van der Waals surface area contributed by atoms with Crippen molar-refractivity contribution in [2.24, 2.45) is 11.8 Å². The van der Waals surface area contributed by atoms with E-state index in [0.29, 0.717) is 5.69 Å². The number of esters is 4. The van der Waals surface area contributed by atoms with Crippen LogP contribution in [0.2, 0.25) is 0 Å². The standard InChI is InChI=1S/C32H38N2O9/c1-8-42-28(38)32(29(39)43-9-2)24(26(36)41-7)23(25(35)40-6)31(33-32)21-12-10-11-13-22(21)34(27(31)37)18-19-14-16-20(17-15-19)30(3,4)5/h10-17,23-24,33H,8-9,18H2,1-7H3/t23-,24+,31?/m0/s1. The van der Waals surface area contributed by atoms with E-state index in [4.69, 9.17) is 18.9 Å². The van der Waals surface area contributed by atoms with E-state index in [9.17, 15) is 24.0 Å². The molecule has 2 aromatic carbocycles. The Morgan fingerprint density at radius 1 is 0.837 bits per heavy atom. The molecule has 1 spiro atoms. The average Bonchev–Trinajstić information content (AvgIpc) is 3.43. The normalized spacial score (nSPS) is 22.2. The van der Waals surface area contributed by atoms with Crippen molar-refractivity contribution < 1.29 is 42.9 Å². The van der Waals surface area contributed by atoms with E-state index in [2.05, 4.69) is 26.1 Å². The topological polar surface area (TPSA) is 138 Å². The fraction of sp³-hybridized carbons (Fsp3) is 0.469. The lowest BCUT2D eigenvalue weighted by molar-refractivity contribution is -0.175. The molecule has 1 unspecified atom stereocenters. The van der Waals surface area contributed by atoms with Gasteiger partial charge >= 0.3 is 23.9 Å². The molecule has 1 saturated heterocycles. The third-order valence-corrected chi connectivity index (χ3v) is 8.13. The maximum Gasteiger partial charge on any atom is 0.339 e. The molecule has 2 aliphatic rings. The highest BCUT2D eigenvalue weighted by molar-refractivity contribution is 6.17. The first kappa shape index (κ1) is 31.7. The van der Waals surface area contributed by atoms with Gasteiger partial charge in [-0.3, -0.25) is 19.7 Å². The van der Waals surface area contributed by atoms with Crippen molar-refractivity contribution in [1.82, 2.24) is 5.32 Å². The molecule has 1 fully saturated rings. The molecule has 11 heteroatoms. The van der Waals surface area contributed by atoms with Crippen molar-refractivity contribution in [1.29, 1.82) is 0 Å². The molecular weight excluding hydrogens is 556 g/mol. The van der Waals surface area contributed by atoms with Crippen LogP contribution in [-0.2, 0) is 60.4 Å². The Morgan fingerprint density at radius 2 is 1.37 bits per heavy atom. The molecule has 4 rings (SSSR count). The van der Waals surface area contributed by atoms with E-state index in [0.717, 1.165) is 25.3 Å². The third-order valence-electron chi connectivity index (χ3n) is 8.13. The number of fused-ring (bicyclic) bond motifs is 2. The zero-order valence-electron chi connectivity index (χ0n) is 25.5. The zero-order chi connectivity index (χ0) is 31.7. The minimum Gasteiger partial charge on any atom is -0.469 e. The summed E-state index contributed by atoms with van der Waals surface area (Å²) in [6.07, 6.45) is 0. The second kappa shape index (κ2) is 11.8. The van der Waals surface area contributed by atoms with Gasteiger partial charge in [-0.15, -0.1) is 0 Å². The van der Waals surface area contributed by atoms with Crippen molar-refractivity contribution in [2.75, 3.05) is 32.3 Å². The Balaban J connectivity index is 1.97. The Hall–Kier alpha value is -4.25. The number of rotatable bonds is 8. The van der Waals surface area contributed by atoms with E-state index in [-0.39, 0.29) is 30.7 Å². The summed E-state index contributed by atoms with van der Waals surface area (Å²) in [6.45, 7) is 9.13. The lowest BCUT2D eigenvalue weighted by Crippen LogP contribution is -2.65. The van der Waals surface area contributed by atoms with Gasteiger partial charge in [0, 0.05) is 11.3 Å². The summed E-state index contributed by atoms with van der Waals surface area (Å²) >= 11 is 0. The molecule has 0 saturated carbocycles. The number of carbonyl (C=O) groups excluding carboxylic acids is 5. The van der Waals surface area contributed by atoms with Crippen LogP contribution < -0.4 is 10.2 Å². The molecule has 1 N–H and O–H groups in total. The second-order valence-electron chi connectivity index (χ2n) is 11.5. The maximum absolute atomic E-state index is 14.8. The number of ether oxygens (including phenoxy) is 4. The summed E-state index contributed by atoms with van der Waals surface area (Å²) in [5, 5.41) is 2.89.